The molecule has 0 bridgehead atoms. The van der Waals surface area contributed by atoms with Crippen LogP contribution in [0.4, 0.5) is 5.69 Å². The Bertz CT molecular complexity index is 1010. The van der Waals surface area contributed by atoms with E-state index in [9.17, 15) is 9.59 Å². The van der Waals surface area contributed by atoms with E-state index in [0.29, 0.717) is 29.4 Å². The minimum absolute atomic E-state index is 0.00474. The maximum atomic E-state index is 12.2. The first kappa shape index (κ1) is 18.6. The first-order valence-electron chi connectivity index (χ1n) is 8.93. The first-order chi connectivity index (χ1) is 12.9. The van der Waals surface area contributed by atoms with E-state index in [-0.39, 0.29) is 18.1 Å². The van der Waals surface area contributed by atoms with Crippen molar-refractivity contribution in [1.82, 2.24) is 9.38 Å². The number of hydrogen-bond donors (Lipinski definition) is 1. The second kappa shape index (κ2) is 8.03. The van der Waals surface area contributed by atoms with Gasteiger partial charge in [-0.3, -0.25) is 14.0 Å². The molecule has 0 spiro atoms. The molecule has 0 aliphatic heterocycles. The molecule has 27 heavy (non-hydrogen) atoms. The van der Waals surface area contributed by atoms with Gasteiger partial charge < -0.3 is 10.1 Å². The van der Waals surface area contributed by atoms with Crippen molar-refractivity contribution in [3.05, 3.63) is 70.3 Å². The maximum absolute atomic E-state index is 12.2. The Hall–Kier alpha value is -3.15. The van der Waals surface area contributed by atoms with Gasteiger partial charge >= 0.3 is 0 Å². The van der Waals surface area contributed by atoms with Gasteiger partial charge in [-0.1, -0.05) is 19.9 Å². The minimum Gasteiger partial charge on any atom is -0.487 e. The number of nitrogens with zero attached hydrogens (tertiary/aromatic N) is 2. The number of amides is 1. The molecule has 0 fully saturated rings. The summed E-state index contributed by atoms with van der Waals surface area (Å²) in [6, 6.07) is 12.4. The molecule has 2 aromatic heterocycles. The zero-order valence-corrected chi connectivity index (χ0v) is 15.7. The second-order valence-electron chi connectivity index (χ2n) is 6.93. The number of hydrogen-bond acceptors (Lipinski definition) is 4. The fourth-order valence-corrected chi connectivity index (χ4v) is 2.76. The van der Waals surface area contributed by atoms with Crippen LogP contribution in [0, 0.1) is 12.8 Å². The average Bonchev–Trinajstić information content (AvgIpc) is 2.61. The summed E-state index contributed by atoms with van der Waals surface area (Å²) in [5, 5.41) is 2.86. The van der Waals surface area contributed by atoms with E-state index >= 15 is 0 Å². The monoisotopic (exact) mass is 365 g/mol. The van der Waals surface area contributed by atoms with E-state index in [2.05, 4.69) is 10.3 Å². The van der Waals surface area contributed by atoms with Gasteiger partial charge in [0, 0.05) is 24.4 Å². The lowest BCUT2D eigenvalue weighted by molar-refractivity contribution is -0.116. The van der Waals surface area contributed by atoms with Gasteiger partial charge in [-0.25, -0.2) is 4.98 Å². The summed E-state index contributed by atoms with van der Waals surface area (Å²) in [6.07, 6.45) is 2.19. The predicted octanol–water partition coefficient (Wildman–Crippen LogP) is 3.57. The van der Waals surface area contributed by atoms with E-state index < -0.39 is 0 Å². The lowest BCUT2D eigenvalue weighted by atomic mass is 10.1. The SMILES string of the molecule is Cc1cccn2c(=O)cc(COc3ccc(NC(=O)CC(C)C)cc3)nc12. The van der Waals surface area contributed by atoms with Crippen LogP contribution in [0.2, 0.25) is 0 Å². The number of anilines is 1. The Balaban J connectivity index is 1.67. The summed E-state index contributed by atoms with van der Waals surface area (Å²) >= 11 is 0. The molecule has 0 radical (unpaired) electrons. The van der Waals surface area contributed by atoms with Gasteiger partial charge in [0.25, 0.3) is 5.56 Å². The third-order valence-electron chi connectivity index (χ3n) is 4.06. The van der Waals surface area contributed by atoms with Crippen molar-refractivity contribution in [2.24, 2.45) is 5.92 Å². The fraction of sp³-hybridized carbons (Fsp3) is 0.286. The zero-order chi connectivity index (χ0) is 19.4. The Labute approximate surface area is 157 Å². The molecule has 0 aliphatic carbocycles. The van der Waals surface area contributed by atoms with Crippen molar-refractivity contribution in [2.45, 2.75) is 33.8 Å². The summed E-state index contributed by atoms with van der Waals surface area (Å²) in [7, 11) is 0. The van der Waals surface area contributed by atoms with Crippen molar-refractivity contribution < 1.29 is 9.53 Å². The summed E-state index contributed by atoms with van der Waals surface area (Å²) in [4.78, 5) is 28.5. The van der Waals surface area contributed by atoms with Crippen LogP contribution in [0.25, 0.3) is 5.65 Å². The lowest BCUT2D eigenvalue weighted by Crippen LogP contribution is -2.17. The van der Waals surface area contributed by atoms with Gasteiger partial charge in [0.2, 0.25) is 5.91 Å². The smallest absolute Gasteiger partial charge is 0.258 e. The Morgan fingerprint density at radius 3 is 2.67 bits per heavy atom. The number of carbonyl (C=O) groups is 1. The van der Waals surface area contributed by atoms with Gasteiger partial charge in [0.1, 0.15) is 18.0 Å². The number of fused-ring (bicyclic) bond motifs is 1. The van der Waals surface area contributed by atoms with Crippen molar-refractivity contribution in [3.8, 4) is 5.75 Å². The molecule has 1 amide bonds. The van der Waals surface area contributed by atoms with Crippen LogP contribution in [-0.2, 0) is 11.4 Å². The van der Waals surface area contributed by atoms with Crippen LogP contribution in [-0.4, -0.2) is 15.3 Å². The topological polar surface area (TPSA) is 72.7 Å². The molecule has 6 nitrogen and oxygen atoms in total. The normalized spacial score (nSPS) is 11.0. The number of aryl methyl sites for hydroxylation is 1. The molecule has 6 heteroatoms. The Morgan fingerprint density at radius 2 is 1.96 bits per heavy atom. The second-order valence-corrected chi connectivity index (χ2v) is 6.93. The quantitative estimate of drug-likeness (QED) is 0.725. The van der Waals surface area contributed by atoms with Crippen molar-refractivity contribution >= 4 is 17.2 Å². The van der Waals surface area contributed by atoms with E-state index in [0.717, 1.165) is 11.3 Å². The molecule has 0 aliphatic rings. The highest BCUT2D eigenvalue weighted by Crippen LogP contribution is 2.17. The summed E-state index contributed by atoms with van der Waals surface area (Å²) in [5.41, 5.74) is 2.73. The van der Waals surface area contributed by atoms with Crippen LogP contribution in [0.3, 0.4) is 0 Å². The van der Waals surface area contributed by atoms with Crippen molar-refractivity contribution in [3.63, 3.8) is 0 Å². The molecular formula is C21H23N3O3. The third-order valence-corrected chi connectivity index (χ3v) is 4.06. The summed E-state index contributed by atoms with van der Waals surface area (Å²) in [5.74, 6) is 0.952. The number of aromatic nitrogens is 2. The molecule has 0 saturated carbocycles. The van der Waals surface area contributed by atoms with Crippen LogP contribution in [0.5, 0.6) is 5.75 Å². The number of rotatable bonds is 6. The van der Waals surface area contributed by atoms with Crippen LogP contribution < -0.4 is 15.6 Å². The largest absolute Gasteiger partial charge is 0.487 e. The highest BCUT2D eigenvalue weighted by atomic mass is 16.5. The lowest BCUT2D eigenvalue weighted by Gasteiger charge is -2.10. The van der Waals surface area contributed by atoms with Gasteiger partial charge in [-0.15, -0.1) is 0 Å². The molecule has 0 atom stereocenters. The van der Waals surface area contributed by atoms with E-state index in [1.54, 1.807) is 30.5 Å². The molecule has 1 N–H and O–H groups in total. The number of nitrogens with one attached hydrogen (secondary N) is 1. The fourth-order valence-electron chi connectivity index (χ4n) is 2.76. The molecule has 0 saturated heterocycles. The molecule has 1 aromatic carbocycles. The predicted molar refractivity (Wildman–Crippen MR) is 105 cm³/mol. The van der Waals surface area contributed by atoms with Gasteiger partial charge in [-0.05, 0) is 48.7 Å². The Morgan fingerprint density at radius 1 is 1.22 bits per heavy atom. The van der Waals surface area contributed by atoms with Crippen LogP contribution >= 0.6 is 0 Å². The van der Waals surface area contributed by atoms with Crippen molar-refractivity contribution in [1.29, 1.82) is 0 Å². The van der Waals surface area contributed by atoms with Crippen LogP contribution in [0.15, 0.2) is 53.5 Å². The summed E-state index contributed by atoms with van der Waals surface area (Å²) < 4.78 is 7.26. The van der Waals surface area contributed by atoms with E-state index in [4.69, 9.17) is 4.74 Å². The highest BCUT2D eigenvalue weighted by Gasteiger charge is 2.07. The zero-order valence-electron chi connectivity index (χ0n) is 15.7. The molecule has 3 aromatic rings. The van der Waals surface area contributed by atoms with Crippen molar-refractivity contribution in [2.75, 3.05) is 5.32 Å². The first-order valence-corrected chi connectivity index (χ1v) is 8.93. The minimum atomic E-state index is -0.134. The average molecular weight is 365 g/mol. The Kier molecular flexibility index (Phi) is 5.54. The molecule has 2 heterocycles. The van der Waals surface area contributed by atoms with Gasteiger partial charge in [-0.2, -0.15) is 0 Å². The molecule has 3 rings (SSSR count). The van der Waals surface area contributed by atoms with Gasteiger partial charge in [0.15, 0.2) is 0 Å². The molecular weight excluding hydrogens is 342 g/mol. The molecule has 140 valence electrons. The number of ether oxygens (including phenoxy) is 1. The standard InChI is InChI=1S/C21H23N3O3/c1-14(2)11-19(25)22-16-6-8-18(9-7-16)27-13-17-12-20(26)24-10-4-5-15(3)21(24)23-17/h4-10,12,14H,11,13H2,1-3H3,(H,22,25). The van der Waals surface area contributed by atoms with Gasteiger partial charge in [0.05, 0.1) is 5.69 Å². The highest BCUT2D eigenvalue weighted by molar-refractivity contribution is 5.90. The number of carbonyl (C=O) groups excluding carboxylic acids is 1. The van der Waals surface area contributed by atoms with E-state index in [1.165, 1.54) is 10.5 Å². The maximum Gasteiger partial charge on any atom is 0.258 e. The number of benzene rings is 1. The summed E-state index contributed by atoms with van der Waals surface area (Å²) in [6.45, 7) is 6.12. The molecule has 0 unspecified atom stereocenters. The van der Waals surface area contributed by atoms with Crippen LogP contribution in [0.1, 0.15) is 31.5 Å². The third kappa shape index (κ3) is 4.73. The van der Waals surface area contributed by atoms with E-state index in [1.807, 2.05) is 32.9 Å². The number of pyridine rings is 1.